The van der Waals surface area contributed by atoms with Gasteiger partial charge in [-0.2, -0.15) is 5.26 Å². The minimum Gasteiger partial charge on any atom is -0.391 e. The van der Waals surface area contributed by atoms with E-state index in [9.17, 15) is 9.90 Å². The Bertz CT molecular complexity index is 504. The second-order valence-electron chi connectivity index (χ2n) is 4.92. The highest BCUT2D eigenvalue weighted by molar-refractivity contribution is 5.94. The van der Waals surface area contributed by atoms with Gasteiger partial charge in [0.1, 0.15) is 0 Å². The predicted octanol–water partition coefficient (Wildman–Crippen LogP) is 1.08. The molecule has 1 aliphatic heterocycles. The first-order chi connectivity index (χ1) is 9.70. The molecule has 5 heteroatoms. The molecular formula is C15H18N2O3. The van der Waals surface area contributed by atoms with Gasteiger partial charge in [0.25, 0.3) is 5.91 Å². The SMILES string of the molecule is N#Cc1cccc(C(=O)NC[C@@H](O)C2CCOCC2)c1. The highest BCUT2D eigenvalue weighted by Gasteiger charge is 2.22. The van der Waals surface area contributed by atoms with Crippen molar-refractivity contribution in [3.8, 4) is 6.07 Å². The topological polar surface area (TPSA) is 82.4 Å². The number of ether oxygens (including phenoxy) is 1. The van der Waals surface area contributed by atoms with Gasteiger partial charge in [-0.1, -0.05) is 6.07 Å². The van der Waals surface area contributed by atoms with E-state index in [0.717, 1.165) is 12.8 Å². The summed E-state index contributed by atoms with van der Waals surface area (Å²) in [6, 6.07) is 8.50. The van der Waals surface area contributed by atoms with E-state index in [1.165, 1.54) is 6.07 Å². The van der Waals surface area contributed by atoms with Gasteiger partial charge in [-0.05, 0) is 37.0 Å². The molecule has 1 saturated heterocycles. The van der Waals surface area contributed by atoms with Crippen LogP contribution >= 0.6 is 0 Å². The van der Waals surface area contributed by atoms with Gasteiger partial charge in [-0.15, -0.1) is 0 Å². The van der Waals surface area contributed by atoms with Gasteiger partial charge in [0, 0.05) is 25.3 Å². The molecule has 0 radical (unpaired) electrons. The van der Waals surface area contributed by atoms with Crippen LogP contribution in [0.4, 0.5) is 0 Å². The Hall–Kier alpha value is -1.90. The molecule has 0 spiro atoms. The van der Waals surface area contributed by atoms with Crippen molar-refractivity contribution in [1.29, 1.82) is 5.26 Å². The summed E-state index contributed by atoms with van der Waals surface area (Å²) in [6.45, 7) is 1.56. The maximum atomic E-state index is 11.9. The number of nitrogens with zero attached hydrogens (tertiary/aromatic N) is 1. The molecule has 1 heterocycles. The standard InChI is InChI=1S/C15H18N2O3/c16-9-11-2-1-3-13(8-11)15(19)17-10-14(18)12-4-6-20-7-5-12/h1-3,8,12,14,18H,4-7,10H2,(H,17,19)/t14-/m1/s1. The molecule has 0 saturated carbocycles. The van der Waals surface area contributed by atoms with Gasteiger partial charge in [0.05, 0.1) is 17.7 Å². The van der Waals surface area contributed by atoms with Gasteiger partial charge >= 0.3 is 0 Å². The molecule has 0 aliphatic carbocycles. The molecule has 2 N–H and O–H groups in total. The quantitative estimate of drug-likeness (QED) is 0.860. The van der Waals surface area contributed by atoms with Crippen molar-refractivity contribution in [1.82, 2.24) is 5.32 Å². The van der Waals surface area contributed by atoms with Crippen LogP contribution in [0.1, 0.15) is 28.8 Å². The first-order valence-electron chi connectivity index (χ1n) is 6.75. The molecule has 0 aromatic heterocycles. The first kappa shape index (κ1) is 14.5. The minimum absolute atomic E-state index is 0.175. The number of hydrogen-bond acceptors (Lipinski definition) is 4. The molecule has 0 bridgehead atoms. The zero-order chi connectivity index (χ0) is 14.4. The zero-order valence-corrected chi connectivity index (χ0v) is 11.2. The second kappa shape index (κ2) is 7.04. The Morgan fingerprint density at radius 1 is 1.50 bits per heavy atom. The van der Waals surface area contributed by atoms with Crippen LogP contribution in [0.5, 0.6) is 0 Å². The molecular weight excluding hydrogens is 256 g/mol. The zero-order valence-electron chi connectivity index (χ0n) is 11.2. The fourth-order valence-electron chi connectivity index (χ4n) is 2.30. The van der Waals surface area contributed by atoms with Crippen molar-refractivity contribution in [3.63, 3.8) is 0 Å². The first-order valence-corrected chi connectivity index (χ1v) is 6.75. The third-order valence-electron chi connectivity index (χ3n) is 3.54. The van der Waals surface area contributed by atoms with E-state index in [2.05, 4.69) is 5.32 Å². The molecule has 1 amide bonds. The second-order valence-corrected chi connectivity index (χ2v) is 4.92. The number of amides is 1. The summed E-state index contributed by atoms with van der Waals surface area (Å²) in [5.74, 6) is -0.0947. The summed E-state index contributed by atoms with van der Waals surface area (Å²) >= 11 is 0. The van der Waals surface area contributed by atoms with Crippen molar-refractivity contribution < 1.29 is 14.6 Å². The molecule has 1 aromatic rings. The fourth-order valence-corrected chi connectivity index (χ4v) is 2.30. The number of aliphatic hydroxyl groups is 1. The Balaban J connectivity index is 1.86. The largest absolute Gasteiger partial charge is 0.391 e. The van der Waals surface area contributed by atoms with Crippen LogP contribution in [0.2, 0.25) is 0 Å². The molecule has 106 valence electrons. The van der Waals surface area contributed by atoms with Crippen molar-refractivity contribution in [2.75, 3.05) is 19.8 Å². The molecule has 0 unspecified atom stereocenters. The Labute approximate surface area is 118 Å². The molecule has 1 aromatic carbocycles. The lowest BCUT2D eigenvalue weighted by Crippen LogP contribution is -2.38. The molecule has 20 heavy (non-hydrogen) atoms. The van der Waals surface area contributed by atoms with E-state index in [0.29, 0.717) is 24.3 Å². The number of nitriles is 1. The molecule has 1 aliphatic rings. The molecule has 5 nitrogen and oxygen atoms in total. The van der Waals surface area contributed by atoms with Crippen LogP contribution in [0, 0.1) is 17.2 Å². The van der Waals surface area contributed by atoms with E-state index in [1.54, 1.807) is 18.2 Å². The fraction of sp³-hybridized carbons (Fsp3) is 0.467. The van der Waals surface area contributed by atoms with E-state index in [4.69, 9.17) is 10.00 Å². The highest BCUT2D eigenvalue weighted by atomic mass is 16.5. The van der Waals surface area contributed by atoms with Crippen LogP contribution in [0.15, 0.2) is 24.3 Å². The number of nitrogens with one attached hydrogen (secondary N) is 1. The summed E-state index contributed by atoms with van der Waals surface area (Å²) in [5, 5.41) is 21.6. The van der Waals surface area contributed by atoms with Crippen molar-refractivity contribution in [2.45, 2.75) is 18.9 Å². The minimum atomic E-state index is -0.554. The van der Waals surface area contributed by atoms with Crippen LogP contribution in [-0.2, 0) is 4.74 Å². The maximum Gasteiger partial charge on any atom is 0.251 e. The maximum absolute atomic E-state index is 11.9. The molecule has 1 atom stereocenters. The molecule has 1 fully saturated rings. The van der Waals surface area contributed by atoms with Crippen LogP contribution in [0.25, 0.3) is 0 Å². The van der Waals surface area contributed by atoms with Crippen molar-refractivity contribution in [2.24, 2.45) is 5.92 Å². The summed E-state index contributed by atoms with van der Waals surface area (Å²) in [4.78, 5) is 11.9. The number of aliphatic hydroxyl groups excluding tert-OH is 1. The summed E-state index contributed by atoms with van der Waals surface area (Å²) < 4.78 is 5.24. The average molecular weight is 274 g/mol. The van der Waals surface area contributed by atoms with Crippen molar-refractivity contribution in [3.05, 3.63) is 35.4 Å². The van der Waals surface area contributed by atoms with E-state index in [-0.39, 0.29) is 18.4 Å². The smallest absolute Gasteiger partial charge is 0.251 e. The van der Waals surface area contributed by atoms with E-state index < -0.39 is 6.10 Å². The summed E-state index contributed by atoms with van der Waals surface area (Å²) in [7, 11) is 0. The Morgan fingerprint density at radius 2 is 2.25 bits per heavy atom. The Morgan fingerprint density at radius 3 is 2.95 bits per heavy atom. The van der Waals surface area contributed by atoms with Crippen LogP contribution < -0.4 is 5.32 Å². The molecule has 2 rings (SSSR count). The van der Waals surface area contributed by atoms with Crippen LogP contribution in [0.3, 0.4) is 0 Å². The van der Waals surface area contributed by atoms with Gasteiger partial charge in [0.2, 0.25) is 0 Å². The lowest BCUT2D eigenvalue weighted by molar-refractivity contribution is 0.00873. The number of hydrogen-bond donors (Lipinski definition) is 2. The third kappa shape index (κ3) is 3.80. The number of rotatable bonds is 4. The number of carbonyl (C=O) groups excluding carboxylic acids is 1. The lowest BCUT2D eigenvalue weighted by atomic mass is 9.94. The van der Waals surface area contributed by atoms with Gasteiger partial charge in [0.15, 0.2) is 0 Å². The predicted molar refractivity (Wildman–Crippen MR) is 73.0 cm³/mol. The lowest BCUT2D eigenvalue weighted by Gasteiger charge is -2.26. The van der Waals surface area contributed by atoms with Gasteiger partial charge in [-0.25, -0.2) is 0 Å². The normalized spacial score (nSPS) is 17.2. The third-order valence-corrected chi connectivity index (χ3v) is 3.54. The van der Waals surface area contributed by atoms with Crippen molar-refractivity contribution >= 4 is 5.91 Å². The highest BCUT2D eigenvalue weighted by Crippen LogP contribution is 2.18. The monoisotopic (exact) mass is 274 g/mol. The average Bonchev–Trinajstić information content (AvgIpc) is 2.53. The number of benzene rings is 1. The van der Waals surface area contributed by atoms with Gasteiger partial charge < -0.3 is 15.2 Å². The van der Waals surface area contributed by atoms with Gasteiger partial charge in [-0.3, -0.25) is 4.79 Å². The Kier molecular flexibility index (Phi) is 5.10. The van der Waals surface area contributed by atoms with E-state index in [1.807, 2.05) is 6.07 Å². The van der Waals surface area contributed by atoms with E-state index >= 15 is 0 Å². The summed E-state index contributed by atoms with van der Waals surface area (Å²) in [6.07, 6.45) is 1.09. The summed E-state index contributed by atoms with van der Waals surface area (Å²) in [5.41, 5.74) is 0.880. The van der Waals surface area contributed by atoms with Crippen LogP contribution in [-0.4, -0.2) is 36.9 Å². The number of carbonyl (C=O) groups is 1.